The highest BCUT2D eigenvalue weighted by molar-refractivity contribution is 5.78. The Hall–Kier alpha value is -1.55. The Labute approximate surface area is 114 Å². The first-order valence-corrected chi connectivity index (χ1v) is 6.76. The summed E-state index contributed by atoms with van der Waals surface area (Å²) in [5.41, 5.74) is 1.03. The predicted molar refractivity (Wildman–Crippen MR) is 75.3 cm³/mol. The maximum atomic E-state index is 12.1. The molecule has 0 aromatic heterocycles. The van der Waals surface area contributed by atoms with Crippen LogP contribution in [0.2, 0.25) is 0 Å². The first kappa shape index (κ1) is 13.9. The number of nitrogens with one attached hydrogen (secondary N) is 1. The summed E-state index contributed by atoms with van der Waals surface area (Å²) in [6, 6.07) is 7.68. The number of rotatable bonds is 5. The molecule has 2 rings (SSSR count). The Morgan fingerprint density at radius 3 is 2.74 bits per heavy atom. The number of amides is 1. The van der Waals surface area contributed by atoms with E-state index in [0.29, 0.717) is 12.3 Å². The van der Waals surface area contributed by atoms with Crippen LogP contribution >= 0.6 is 0 Å². The number of nitrogens with zero attached hydrogens (tertiary/aromatic N) is 1. The highest BCUT2D eigenvalue weighted by Gasteiger charge is 2.19. The van der Waals surface area contributed by atoms with E-state index in [9.17, 15) is 4.79 Å². The van der Waals surface area contributed by atoms with Crippen molar-refractivity contribution in [2.45, 2.75) is 12.8 Å². The van der Waals surface area contributed by atoms with Crippen molar-refractivity contribution in [2.24, 2.45) is 5.92 Å². The minimum Gasteiger partial charge on any atom is -0.497 e. The van der Waals surface area contributed by atoms with E-state index in [-0.39, 0.29) is 5.91 Å². The van der Waals surface area contributed by atoms with Gasteiger partial charge in [-0.2, -0.15) is 0 Å². The molecule has 4 heteroatoms. The first-order valence-electron chi connectivity index (χ1n) is 6.76. The van der Waals surface area contributed by atoms with Crippen molar-refractivity contribution in [1.82, 2.24) is 10.2 Å². The van der Waals surface area contributed by atoms with E-state index in [0.717, 1.165) is 30.9 Å². The standard InChI is InChI=1S/C15H22N2O2/c1-17(11-13-7-8-16-10-13)15(18)9-12-3-5-14(19-2)6-4-12/h3-6,13,16H,7-11H2,1-2H3. The average Bonchev–Trinajstić information content (AvgIpc) is 2.92. The monoisotopic (exact) mass is 262 g/mol. The van der Waals surface area contributed by atoms with Gasteiger partial charge < -0.3 is 15.0 Å². The van der Waals surface area contributed by atoms with Gasteiger partial charge in [0.15, 0.2) is 0 Å². The molecule has 1 heterocycles. The number of ether oxygens (including phenoxy) is 1. The minimum atomic E-state index is 0.178. The summed E-state index contributed by atoms with van der Waals surface area (Å²) in [6.07, 6.45) is 1.63. The third kappa shape index (κ3) is 3.96. The van der Waals surface area contributed by atoms with Gasteiger partial charge in [-0.05, 0) is 43.1 Å². The number of carbonyl (C=O) groups is 1. The highest BCUT2D eigenvalue weighted by atomic mass is 16.5. The third-order valence-electron chi connectivity index (χ3n) is 3.63. The molecule has 1 aromatic rings. The van der Waals surface area contributed by atoms with Crippen molar-refractivity contribution in [2.75, 3.05) is 33.8 Å². The van der Waals surface area contributed by atoms with E-state index >= 15 is 0 Å². The molecule has 1 aliphatic heterocycles. The van der Waals surface area contributed by atoms with Gasteiger partial charge in [0.2, 0.25) is 5.91 Å². The Balaban J connectivity index is 1.84. The summed E-state index contributed by atoms with van der Waals surface area (Å²) >= 11 is 0. The SMILES string of the molecule is COc1ccc(CC(=O)N(C)CC2CCNC2)cc1. The van der Waals surface area contributed by atoms with Crippen LogP contribution in [0.3, 0.4) is 0 Å². The van der Waals surface area contributed by atoms with Gasteiger partial charge >= 0.3 is 0 Å². The van der Waals surface area contributed by atoms with E-state index in [4.69, 9.17) is 4.74 Å². The van der Waals surface area contributed by atoms with Crippen LogP contribution in [0.15, 0.2) is 24.3 Å². The van der Waals surface area contributed by atoms with Crippen molar-refractivity contribution in [3.8, 4) is 5.75 Å². The Bertz CT molecular complexity index is 411. The molecule has 0 bridgehead atoms. The van der Waals surface area contributed by atoms with Crippen molar-refractivity contribution >= 4 is 5.91 Å². The van der Waals surface area contributed by atoms with Gasteiger partial charge in [0.05, 0.1) is 13.5 Å². The molecule has 1 amide bonds. The van der Waals surface area contributed by atoms with E-state index < -0.39 is 0 Å². The molecule has 0 aliphatic carbocycles. The number of methoxy groups -OCH3 is 1. The molecular formula is C15H22N2O2. The van der Waals surface area contributed by atoms with Crippen LogP contribution in [-0.4, -0.2) is 44.6 Å². The summed E-state index contributed by atoms with van der Waals surface area (Å²) in [7, 11) is 3.54. The lowest BCUT2D eigenvalue weighted by Gasteiger charge is -2.20. The molecule has 1 saturated heterocycles. The zero-order valence-corrected chi connectivity index (χ0v) is 11.7. The lowest BCUT2D eigenvalue weighted by atomic mass is 10.1. The van der Waals surface area contributed by atoms with Crippen LogP contribution in [0.25, 0.3) is 0 Å². The van der Waals surface area contributed by atoms with Gasteiger partial charge in [-0.15, -0.1) is 0 Å². The number of hydrogen-bond donors (Lipinski definition) is 1. The highest BCUT2D eigenvalue weighted by Crippen LogP contribution is 2.13. The number of hydrogen-bond acceptors (Lipinski definition) is 3. The number of carbonyl (C=O) groups excluding carboxylic acids is 1. The number of likely N-dealkylation sites (N-methyl/N-ethyl adjacent to an activating group) is 1. The van der Waals surface area contributed by atoms with Crippen molar-refractivity contribution in [3.63, 3.8) is 0 Å². The van der Waals surface area contributed by atoms with Crippen LogP contribution in [0.4, 0.5) is 0 Å². The van der Waals surface area contributed by atoms with Gasteiger partial charge in [0, 0.05) is 13.6 Å². The quantitative estimate of drug-likeness (QED) is 0.870. The van der Waals surface area contributed by atoms with E-state index in [1.54, 1.807) is 7.11 Å². The molecule has 1 atom stereocenters. The van der Waals surface area contributed by atoms with Crippen LogP contribution in [0.5, 0.6) is 5.75 Å². The maximum absolute atomic E-state index is 12.1. The summed E-state index contributed by atoms with van der Waals surface area (Å²) in [4.78, 5) is 14.0. The first-order chi connectivity index (χ1) is 9.19. The van der Waals surface area contributed by atoms with Crippen LogP contribution in [-0.2, 0) is 11.2 Å². The van der Waals surface area contributed by atoms with Crippen molar-refractivity contribution in [3.05, 3.63) is 29.8 Å². The average molecular weight is 262 g/mol. The maximum Gasteiger partial charge on any atom is 0.226 e. The summed E-state index contributed by atoms with van der Waals surface area (Å²) in [5.74, 6) is 1.60. The van der Waals surface area contributed by atoms with Crippen molar-refractivity contribution in [1.29, 1.82) is 0 Å². The molecule has 1 N–H and O–H groups in total. The Morgan fingerprint density at radius 1 is 1.42 bits per heavy atom. The Morgan fingerprint density at radius 2 is 2.16 bits per heavy atom. The van der Waals surface area contributed by atoms with E-state index in [2.05, 4.69) is 5.32 Å². The molecule has 104 valence electrons. The summed E-state index contributed by atoms with van der Waals surface area (Å²) < 4.78 is 5.11. The van der Waals surface area contributed by atoms with Gasteiger partial charge in [0.1, 0.15) is 5.75 Å². The molecule has 1 fully saturated rings. The van der Waals surface area contributed by atoms with Gasteiger partial charge in [-0.25, -0.2) is 0 Å². The lowest BCUT2D eigenvalue weighted by Crippen LogP contribution is -2.33. The minimum absolute atomic E-state index is 0.178. The second-order valence-corrected chi connectivity index (χ2v) is 5.16. The summed E-state index contributed by atoms with van der Waals surface area (Å²) in [5, 5.41) is 3.33. The molecule has 4 nitrogen and oxygen atoms in total. The molecule has 0 radical (unpaired) electrons. The third-order valence-corrected chi connectivity index (χ3v) is 3.63. The molecule has 19 heavy (non-hydrogen) atoms. The zero-order valence-electron chi connectivity index (χ0n) is 11.7. The molecule has 0 spiro atoms. The van der Waals surface area contributed by atoms with E-state index in [1.165, 1.54) is 6.42 Å². The molecule has 0 saturated carbocycles. The molecular weight excluding hydrogens is 240 g/mol. The zero-order chi connectivity index (χ0) is 13.7. The van der Waals surface area contributed by atoms with Gasteiger partial charge in [-0.1, -0.05) is 12.1 Å². The fraction of sp³-hybridized carbons (Fsp3) is 0.533. The van der Waals surface area contributed by atoms with E-state index in [1.807, 2.05) is 36.2 Å². The second-order valence-electron chi connectivity index (χ2n) is 5.16. The van der Waals surface area contributed by atoms with Crippen LogP contribution < -0.4 is 10.1 Å². The van der Waals surface area contributed by atoms with Gasteiger partial charge in [-0.3, -0.25) is 4.79 Å². The smallest absolute Gasteiger partial charge is 0.226 e. The second kappa shape index (κ2) is 6.57. The molecule has 1 aromatic carbocycles. The topological polar surface area (TPSA) is 41.6 Å². The lowest BCUT2D eigenvalue weighted by molar-refractivity contribution is -0.129. The molecule has 1 unspecified atom stereocenters. The molecule has 1 aliphatic rings. The fourth-order valence-corrected chi connectivity index (χ4v) is 2.41. The van der Waals surface area contributed by atoms with Crippen LogP contribution in [0, 0.1) is 5.92 Å². The van der Waals surface area contributed by atoms with Crippen LogP contribution in [0.1, 0.15) is 12.0 Å². The van der Waals surface area contributed by atoms with Crippen molar-refractivity contribution < 1.29 is 9.53 Å². The predicted octanol–water partition coefficient (Wildman–Crippen LogP) is 1.31. The Kier molecular flexibility index (Phi) is 4.80. The van der Waals surface area contributed by atoms with Gasteiger partial charge in [0.25, 0.3) is 0 Å². The number of benzene rings is 1. The normalized spacial score (nSPS) is 18.3. The largest absolute Gasteiger partial charge is 0.497 e. The fourth-order valence-electron chi connectivity index (χ4n) is 2.41. The summed E-state index contributed by atoms with van der Waals surface area (Å²) in [6.45, 7) is 2.95.